The molecular weight excluding hydrogens is 428 g/mol. The molecule has 2 N–H and O–H groups in total. The number of benzene rings is 2. The molecule has 0 atom stereocenters. The summed E-state index contributed by atoms with van der Waals surface area (Å²) in [5.41, 5.74) is 2.42. The molecule has 1 amide bonds. The summed E-state index contributed by atoms with van der Waals surface area (Å²) in [6.07, 6.45) is 1.68. The van der Waals surface area contributed by atoms with Crippen LogP contribution in [0.1, 0.15) is 20.4 Å². The molecule has 2 aromatic heterocycles. The molecule has 0 aliphatic carbocycles. The second-order valence-electron chi connectivity index (χ2n) is 6.21. The zero-order valence-electron chi connectivity index (χ0n) is 15.4. The second-order valence-corrected chi connectivity index (χ2v) is 8.23. The number of nitrogens with zero attached hydrogens (tertiary/aromatic N) is 3. The smallest absolute Gasteiger partial charge is 0.282 e. The first kappa shape index (κ1) is 20.2. The molecule has 4 aromatic rings. The number of carbonyl (C=O) groups is 1. The van der Waals surface area contributed by atoms with Gasteiger partial charge in [0.05, 0.1) is 17.6 Å². The van der Waals surface area contributed by atoms with Crippen LogP contribution in [0.2, 0.25) is 0 Å². The van der Waals surface area contributed by atoms with Gasteiger partial charge < -0.3 is 10.3 Å². The summed E-state index contributed by atoms with van der Waals surface area (Å²) in [5.74, 6) is -0.441. The molecule has 0 fully saturated rings. The Morgan fingerprint density at radius 2 is 1.73 bits per heavy atom. The molecule has 6 nitrogen and oxygen atoms in total. The Kier molecular flexibility index (Phi) is 6.15. The summed E-state index contributed by atoms with van der Waals surface area (Å²) >= 11 is 2.63. The predicted molar refractivity (Wildman–Crippen MR) is 111 cm³/mol. The van der Waals surface area contributed by atoms with Crippen LogP contribution in [0.15, 0.2) is 59.9 Å². The average molecular weight is 444 g/mol. The fourth-order valence-electron chi connectivity index (χ4n) is 2.55. The number of halogens is 2. The number of H-pyrrole nitrogens is 1. The Labute approximate surface area is 178 Å². The maximum absolute atomic E-state index is 13.0. The molecule has 0 aliphatic heterocycles. The third-order valence-corrected chi connectivity index (χ3v) is 6.07. The van der Waals surface area contributed by atoms with Gasteiger partial charge in [-0.1, -0.05) is 35.2 Å². The minimum atomic E-state index is -0.329. The summed E-state index contributed by atoms with van der Waals surface area (Å²) in [5, 5.41) is 12.4. The van der Waals surface area contributed by atoms with Gasteiger partial charge >= 0.3 is 0 Å². The molecule has 2 heterocycles. The highest BCUT2D eigenvalue weighted by atomic mass is 32.2. The number of aromatic nitrogens is 4. The van der Waals surface area contributed by atoms with Gasteiger partial charge in [0.1, 0.15) is 16.6 Å². The van der Waals surface area contributed by atoms with Crippen LogP contribution in [0.5, 0.6) is 0 Å². The molecule has 152 valence electrons. The molecule has 30 heavy (non-hydrogen) atoms. The van der Waals surface area contributed by atoms with E-state index in [4.69, 9.17) is 0 Å². The van der Waals surface area contributed by atoms with Gasteiger partial charge in [0.2, 0.25) is 5.01 Å². The van der Waals surface area contributed by atoms with Gasteiger partial charge in [-0.05, 0) is 47.5 Å². The molecule has 0 unspecified atom stereocenters. The molecule has 0 aliphatic rings. The Hall–Kier alpha value is -3.11. The topological polar surface area (TPSA) is 83.6 Å². The maximum atomic E-state index is 13.0. The minimum Gasteiger partial charge on any atom is -0.346 e. The first-order chi connectivity index (χ1) is 14.6. The van der Waals surface area contributed by atoms with E-state index < -0.39 is 0 Å². The highest BCUT2D eigenvalue weighted by Gasteiger charge is 2.13. The number of amides is 1. The van der Waals surface area contributed by atoms with Gasteiger partial charge in [0.25, 0.3) is 5.91 Å². The normalized spacial score (nSPS) is 10.9. The number of hydrogen-bond donors (Lipinski definition) is 2. The lowest BCUT2D eigenvalue weighted by Crippen LogP contribution is -2.22. The van der Waals surface area contributed by atoms with Crippen molar-refractivity contribution in [3.05, 3.63) is 81.9 Å². The summed E-state index contributed by atoms with van der Waals surface area (Å²) in [7, 11) is 0. The van der Waals surface area contributed by atoms with E-state index in [2.05, 4.69) is 25.5 Å². The van der Waals surface area contributed by atoms with Crippen LogP contribution in [0.4, 0.5) is 8.78 Å². The SMILES string of the molecule is O=C(NCc1ccc(F)cc1)c1nnc(CSc2ncc(-c3ccc(F)cc3)[nH]2)s1. The predicted octanol–water partition coefficient (Wildman–Crippen LogP) is 4.43. The lowest BCUT2D eigenvalue weighted by Gasteiger charge is -2.02. The van der Waals surface area contributed by atoms with Crippen molar-refractivity contribution < 1.29 is 13.6 Å². The summed E-state index contributed by atoms with van der Waals surface area (Å²) in [6, 6.07) is 12.1. The summed E-state index contributed by atoms with van der Waals surface area (Å²) < 4.78 is 26.0. The van der Waals surface area contributed by atoms with Crippen LogP contribution in [-0.4, -0.2) is 26.1 Å². The lowest BCUT2D eigenvalue weighted by atomic mass is 10.2. The minimum absolute atomic E-state index is 0.263. The zero-order chi connectivity index (χ0) is 20.9. The van der Waals surface area contributed by atoms with E-state index >= 15 is 0 Å². The van der Waals surface area contributed by atoms with Gasteiger partial charge in [0, 0.05) is 6.54 Å². The van der Waals surface area contributed by atoms with Crippen LogP contribution >= 0.6 is 23.1 Å². The number of hydrogen-bond acceptors (Lipinski definition) is 6. The Balaban J connectivity index is 1.30. The fraction of sp³-hybridized carbons (Fsp3) is 0.100. The Bertz CT molecular complexity index is 1140. The second kappa shape index (κ2) is 9.14. The number of carbonyl (C=O) groups excluding carboxylic acids is 1. The van der Waals surface area contributed by atoms with Gasteiger partial charge in [-0.3, -0.25) is 4.79 Å². The van der Waals surface area contributed by atoms with Gasteiger partial charge in [-0.25, -0.2) is 13.8 Å². The first-order valence-electron chi connectivity index (χ1n) is 8.85. The van der Waals surface area contributed by atoms with Gasteiger partial charge in [-0.15, -0.1) is 10.2 Å². The van der Waals surface area contributed by atoms with E-state index in [-0.39, 0.29) is 29.1 Å². The molecule has 10 heteroatoms. The number of aromatic amines is 1. The highest BCUT2D eigenvalue weighted by molar-refractivity contribution is 7.98. The van der Waals surface area contributed by atoms with E-state index in [0.717, 1.165) is 16.8 Å². The largest absolute Gasteiger partial charge is 0.346 e. The van der Waals surface area contributed by atoms with Crippen LogP contribution in [-0.2, 0) is 12.3 Å². The summed E-state index contributed by atoms with van der Waals surface area (Å²) in [4.78, 5) is 19.7. The molecule has 0 spiro atoms. The van der Waals surface area contributed by atoms with Crippen molar-refractivity contribution in [3.63, 3.8) is 0 Å². The highest BCUT2D eigenvalue weighted by Crippen LogP contribution is 2.25. The van der Waals surface area contributed by atoms with Crippen LogP contribution in [0.25, 0.3) is 11.3 Å². The van der Waals surface area contributed by atoms with E-state index in [0.29, 0.717) is 15.9 Å². The van der Waals surface area contributed by atoms with Crippen molar-refractivity contribution in [3.8, 4) is 11.3 Å². The number of thioether (sulfide) groups is 1. The third-order valence-electron chi connectivity index (χ3n) is 4.07. The molecular formula is C20H15F2N5OS2. The van der Waals surface area contributed by atoms with E-state index in [9.17, 15) is 13.6 Å². The van der Waals surface area contributed by atoms with E-state index in [1.54, 1.807) is 30.5 Å². The number of imidazole rings is 1. The van der Waals surface area contributed by atoms with E-state index in [1.807, 2.05) is 0 Å². The van der Waals surface area contributed by atoms with E-state index in [1.165, 1.54) is 47.4 Å². The quantitative estimate of drug-likeness (QED) is 0.413. The van der Waals surface area contributed by atoms with Gasteiger partial charge in [0.15, 0.2) is 5.16 Å². The Morgan fingerprint density at radius 3 is 2.47 bits per heavy atom. The molecule has 2 aromatic carbocycles. The van der Waals surface area contributed by atoms with Crippen molar-refractivity contribution in [1.29, 1.82) is 0 Å². The standard InChI is InChI=1S/C20H15F2N5OS2/c21-14-5-1-12(2-6-14)9-23-18(28)19-27-26-17(30-19)11-29-20-24-10-16(25-20)13-3-7-15(22)8-4-13/h1-8,10H,9,11H2,(H,23,28)(H,24,25). The third kappa shape index (κ3) is 5.08. The van der Waals surface area contributed by atoms with Crippen LogP contribution < -0.4 is 5.32 Å². The van der Waals surface area contributed by atoms with Crippen molar-refractivity contribution >= 4 is 29.0 Å². The summed E-state index contributed by atoms with van der Waals surface area (Å²) in [6.45, 7) is 0.279. The van der Waals surface area contributed by atoms with Crippen molar-refractivity contribution in [2.75, 3.05) is 0 Å². The maximum Gasteiger partial charge on any atom is 0.282 e. The monoisotopic (exact) mass is 443 g/mol. The molecule has 0 bridgehead atoms. The van der Waals surface area contributed by atoms with Crippen LogP contribution in [0.3, 0.4) is 0 Å². The fourth-order valence-corrected chi connectivity index (χ4v) is 4.14. The number of rotatable bonds is 7. The van der Waals surface area contributed by atoms with Crippen molar-refractivity contribution in [1.82, 2.24) is 25.5 Å². The zero-order valence-corrected chi connectivity index (χ0v) is 17.1. The van der Waals surface area contributed by atoms with Crippen molar-refractivity contribution in [2.24, 2.45) is 0 Å². The van der Waals surface area contributed by atoms with Gasteiger partial charge in [-0.2, -0.15) is 0 Å². The molecule has 0 saturated carbocycles. The van der Waals surface area contributed by atoms with Crippen molar-refractivity contribution in [2.45, 2.75) is 17.5 Å². The Morgan fingerprint density at radius 1 is 1.03 bits per heavy atom. The molecule has 0 saturated heterocycles. The molecule has 4 rings (SSSR count). The number of nitrogens with one attached hydrogen (secondary N) is 2. The van der Waals surface area contributed by atoms with Crippen LogP contribution in [0, 0.1) is 11.6 Å². The lowest BCUT2D eigenvalue weighted by molar-refractivity contribution is 0.0950. The molecule has 0 radical (unpaired) electrons. The average Bonchev–Trinajstić information content (AvgIpc) is 3.42. The first-order valence-corrected chi connectivity index (χ1v) is 10.7.